The lowest BCUT2D eigenvalue weighted by atomic mass is 10.3. The van der Waals surface area contributed by atoms with E-state index in [0.29, 0.717) is 0 Å². The smallest absolute Gasteiger partial charge is 0.0452 e. The summed E-state index contributed by atoms with van der Waals surface area (Å²) in [5, 5.41) is 12.0. The van der Waals surface area contributed by atoms with Crippen LogP contribution in [0.1, 0.15) is 12.1 Å². The van der Waals surface area contributed by atoms with Crippen molar-refractivity contribution in [2.45, 2.75) is 13.0 Å². The van der Waals surface area contributed by atoms with Crippen molar-refractivity contribution >= 4 is 0 Å². The van der Waals surface area contributed by atoms with Crippen LogP contribution in [0.3, 0.4) is 0 Å². The Morgan fingerprint density at radius 1 is 1.06 bits per heavy atom. The van der Waals surface area contributed by atoms with Crippen molar-refractivity contribution < 1.29 is 5.11 Å². The summed E-state index contributed by atoms with van der Waals surface area (Å²) in [7, 11) is 0. The summed E-state index contributed by atoms with van der Waals surface area (Å²) in [6, 6.07) is 14.5. The zero-order valence-electron chi connectivity index (χ0n) is 9.84. The van der Waals surface area contributed by atoms with Gasteiger partial charge in [0.25, 0.3) is 0 Å². The minimum atomic E-state index is 0.243. The number of nitrogens with one attached hydrogen (secondary N) is 1. The molecule has 0 atom stereocenters. The van der Waals surface area contributed by atoms with Gasteiger partial charge in [-0.2, -0.15) is 0 Å². The fourth-order valence-electron chi connectivity index (χ4n) is 1.82. The van der Waals surface area contributed by atoms with Gasteiger partial charge in [0, 0.05) is 30.7 Å². The number of nitrogens with zero attached hydrogens (tertiary/aromatic N) is 1. The molecule has 0 aliphatic carbocycles. The van der Waals surface area contributed by atoms with Gasteiger partial charge in [-0.15, -0.1) is 0 Å². The van der Waals surface area contributed by atoms with Gasteiger partial charge in [0.1, 0.15) is 0 Å². The Bertz CT molecular complexity index is 436. The second-order valence-corrected chi connectivity index (χ2v) is 3.96. The van der Waals surface area contributed by atoms with E-state index in [4.69, 9.17) is 5.11 Å². The molecular formula is C14H18N2O. The van der Waals surface area contributed by atoms with E-state index in [1.807, 2.05) is 18.2 Å². The first kappa shape index (κ1) is 11.9. The van der Waals surface area contributed by atoms with Crippen molar-refractivity contribution in [2.24, 2.45) is 0 Å². The zero-order chi connectivity index (χ0) is 11.9. The summed E-state index contributed by atoms with van der Waals surface area (Å²) < 4.78 is 2.17. The average molecular weight is 230 g/mol. The first-order valence-electron chi connectivity index (χ1n) is 5.95. The maximum Gasteiger partial charge on any atom is 0.0452 e. The van der Waals surface area contributed by atoms with Crippen molar-refractivity contribution in [1.82, 2.24) is 9.88 Å². The fourth-order valence-corrected chi connectivity index (χ4v) is 1.82. The summed E-state index contributed by atoms with van der Waals surface area (Å²) in [6.07, 6.45) is 2.87. The summed E-state index contributed by atoms with van der Waals surface area (Å²) in [5.41, 5.74) is 2.41. The topological polar surface area (TPSA) is 37.2 Å². The number of benzene rings is 1. The molecule has 17 heavy (non-hydrogen) atoms. The molecule has 1 heterocycles. The van der Waals surface area contributed by atoms with Crippen LogP contribution in [0.25, 0.3) is 5.69 Å². The second kappa shape index (κ2) is 6.23. The van der Waals surface area contributed by atoms with Crippen LogP contribution in [0.4, 0.5) is 0 Å². The normalized spacial score (nSPS) is 10.6. The molecule has 2 N–H and O–H groups in total. The van der Waals surface area contributed by atoms with Crippen LogP contribution in [0, 0.1) is 0 Å². The van der Waals surface area contributed by atoms with Gasteiger partial charge >= 0.3 is 0 Å². The molecule has 1 aromatic carbocycles. The van der Waals surface area contributed by atoms with E-state index in [-0.39, 0.29) is 6.61 Å². The zero-order valence-corrected chi connectivity index (χ0v) is 9.84. The number of para-hydroxylation sites is 1. The van der Waals surface area contributed by atoms with Gasteiger partial charge in [0.05, 0.1) is 0 Å². The minimum Gasteiger partial charge on any atom is -0.396 e. The molecule has 0 aliphatic rings. The van der Waals surface area contributed by atoms with Crippen LogP contribution in [-0.2, 0) is 6.54 Å². The number of hydrogen-bond acceptors (Lipinski definition) is 2. The molecule has 0 bridgehead atoms. The lowest BCUT2D eigenvalue weighted by molar-refractivity contribution is 0.286. The Hall–Kier alpha value is -1.58. The molecule has 2 rings (SSSR count). The predicted octanol–water partition coefficient (Wildman–Crippen LogP) is 1.95. The Labute approximate surface area is 102 Å². The van der Waals surface area contributed by atoms with E-state index in [1.54, 1.807) is 0 Å². The highest BCUT2D eigenvalue weighted by atomic mass is 16.3. The molecule has 3 heteroatoms. The highest BCUT2D eigenvalue weighted by molar-refractivity contribution is 5.34. The monoisotopic (exact) mass is 230 g/mol. The standard InChI is InChI=1S/C14H18N2O/c17-11-5-9-15-12-14-8-4-10-16(14)13-6-2-1-3-7-13/h1-4,6-8,10,15,17H,5,9,11-12H2. The van der Waals surface area contributed by atoms with Crippen molar-refractivity contribution in [3.8, 4) is 5.69 Å². The number of rotatable bonds is 6. The molecule has 0 spiro atoms. The average Bonchev–Trinajstić information content (AvgIpc) is 2.84. The van der Waals surface area contributed by atoms with Gasteiger partial charge in [-0.3, -0.25) is 0 Å². The molecule has 0 saturated carbocycles. The largest absolute Gasteiger partial charge is 0.396 e. The van der Waals surface area contributed by atoms with Gasteiger partial charge in [-0.05, 0) is 37.2 Å². The van der Waals surface area contributed by atoms with E-state index in [0.717, 1.165) is 19.5 Å². The molecule has 0 unspecified atom stereocenters. The van der Waals surface area contributed by atoms with Gasteiger partial charge in [-0.25, -0.2) is 0 Å². The molecule has 2 aromatic rings. The second-order valence-electron chi connectivity index (χ2n) is 3.96. The molecule has 0 fully saturated rings. The van der Waals surface area contributed by atoms with Crippen LogP contribution in [0.5, 0.6) is 0 Å². The molecule has 90 valence electrons. The third kappa shape index (κ3) is 3.19. The summed E-state index contributed by atoms with van der Waals surface area (Å²) in [4.78, 5) is 0. The molecule has 0 saturated heterocycles. The van der Waals surface area contributed by atoms with Crippen LogP contribution in [-0.4, -0.2) is 22.8 Å². The highest BCUT2D eigenvalue weighted by Crippen LogP contribution is 2.11. The molecular weight excluding hydrogens is 212 g/mol. The first-order chi connectivity index (χ1) is 8.42. The molecule has 3 nitrogen and oxygen atoms in total. The van der Waals surface area contributed by atoms with Crippen LogP contribution in [0.15, 0.2) is 48.7 Å². The first-order valence-corrected chi connectivity index (χ1v) is 5.95. The number of aromatic nitrogens is 1. The molecule has 1 aromatic heterocycles. The highest BCUT2D eigenvalue weighted by Gasteiger charge is 2.01. The quantitative estimate of drug-likeness (QED) is 0.744. The third-order valence-electron chi connectivity index (χ3n) is 2.69. The molecule has 0 radical (unpaired) electrons. The van der Waals surface area contributed by atoms with Gasteiger partial charge in [0.2, 0.25) is 0 Å². The van der Waals surface area contributed by atoms with Gasteiger partial charge < -0.3 is 15.0 Å². The van der Waals surface area contributed by atoms with E-state index in [1.165, 1.54) is 11.4 Å². The summed E-state index contributed by atoms with van der Waals surface area (Å²) >= 11 is 0. The van der Waals surface area contributed by atoms with E-state index < -0.39 is 0 Å². The SMILES string of the molecule is OCCCNCc1cccn1-c1ccccc1. The number of aliphatic hydroxyl groups is 1. The van der Waals surface area contributed by atoms with E-state index in [9.17, 15) is 0 Å². The lowest BCUT2D eigenvalue weighted by Gasteiger charge is -2.09. The van der Waals surface area contributed by atoms with E-state index >= 15 is 0 Å². The summed E-state index contributed by atoms with van der Waals surface area (Å²) in [6.45, 7) is 1.91. The maximum absolute atomic E-state index is 8.71. The van der Waals surface area contributed by atoms with Crippen molar-refractivity contribution in [3.05, 3.63) is 54.4 Å². The minimum absolute atomic E-state index is 0.243. The third-order valence-corrected chi connectivity index (χ3v) is 2.69. The predicted molar refractivity (Wildman–Crippen MR) is 69.2 cm³/mol. The van der Waals surface area contributed by atoms with Gasteiger partial charge in [-0.1, -0.05) is 18.2 Å². The Balaban J connectivity index is 2.02. The Kier molecular flexibility index (Phi) is 4.36. The fraction of sp³-hybridized carbons (Fsp3) is 0.286. The summed E-state index contributed by atoms with van der Waals surface area (Å²) in [5.74, 6) is 0. The Morgan fingerprint density at radius 3 is 2.65 bits per heavy atom. The number of aliphatic hydroxyl groups excluding tert-OH is 1. The van der Waals surface area contributed by atoms with Crippen LogP contribution in [0.2, 0.25) is 0 Å². The molecule has 0 aliphatic heterocycles. The van der Waals surface area contributed by atoms with E-state index in [2.05, 4.69) is 40.3 Å². The Morgan fingerprint density at radius 2 is 1.88 bits per heavy atom. The van der Waals surface area contributed by atoms with Crippen LogP contribution < -0.4 is 5.32 Å². The van der Waals surface area contributed by atoms with Crippen molar-refractivity contribution in [1.29, 1.82) is 0 Å². The molecule has 0 amide bonds. The lowest BCUT2D eigenvalue weighted by Crippen LogP contribution is -2.17. The maximum atomic E-state index is 8.71. The van der Waals surface area contributed by atoms with Crippen LogP contribution >= 0.6 is 0 Å². The van der Waals surface area contributed by atoms with Crippen molar-refractivity contribution in [3.63, 3.8) is 0 Å². The van der Waals surface area contributed by atoms with Gasteiger partial charge in [0.15, 0.2) is 0 Å². The number of hydrogen-bond donors (Lipinski definition) is 2. The van der Waals surface area contributed by atoms with Crippen molar-refractivity contribution in [2.75, 3.05) is 13.2 Å².